The molecule has 1 aromatic carbocycles. The fraction of sp³-hybridized carbons (Fsp3) is 0.286. The Balaban J connectivity index is 2.14. The van der Waals surface area contributed by atoms with Crippen LogP contribution in [0.3, 0.4) is 0 Å². The summed E-state index contributed by atoms with van der Waals surface area (Å²) in [6.07, 6.45) is 0. The molecule has 4 nitrogen and oxygen atoms in total. The van der Waals surface area contributed by atoms with Gasteiger partial charge in [-0.15, -0.1) is 0 Å². The van der Waals surface area contributed by atoms with Crippen molar-refractivity contribution in [1.82, 2.24) is 10.1 Å². The third-order valence-electron chi connectivity index (χ3n) is 2.77. The molecule has 0 atom stereocenters. The Kier molecular flexibility index (Phi) is 4.22. The van der Waals surface area contributed by atoms with Crippen molar-refractivity contribution in [3.8, 4) is 0 Å². The molecule has 1 aromatic heterocycles. The van der Waals surface area contributed by atoms with E-state index in [1.54, 1.807) is 17.9 Å². The SMILES string of the molecule is CCN(Cc1cccc(Cl)c1)C(=O)c1cc(C)no1. The molecule has 0 spiro atoms. The molecular formula is C14H15ClN2O2. The normalized spacial score (nSPS) is 10.5. The Morgan fingerprint density at radius 3 is 2.79 bits per heavy atom. The largest absolute Gasteiger partial charge is 0.351 e. The van der Waals surface area contributed by atoms with Crippen LogP contribution in [0.2, 0.25) is 5.02 Å². The molecule has 0 saturated heterocycles. The van der Waals surface area contributed by atoms with Crippen LogP contribution in [-0.4, -0.2) is 22.5 Å². The van der Waals surface area contributed by atoms with E-state index in [0.29, 0.717) is 23.8 Å². The number of aromatic nitrogens is 1. The predicted octanol–water partition coefficient (Wildman–Crippen LogP) is 3.30. The summed E-state index contributed by atoms with van der Waals surface area (Å²) in [6.45, 7) is 4.79. The van der Waals surface area contributed by atoms with Gasteiger partial charge in [0, 0.05) is 24.2 Å². The Morgan fingerprint density at radius 1 is 1.42 bits per heavy atom. The number of benzene rings is 1. The molecule has 0 aliphatic heterocycles. The van der Waals surface area contributed by atoms with Gasteiger partial charge in [0.05, 0.1) is 5.69 Å². The van der Waals surface area contributed by atoms with Crippen molar-refractivity contribution < 1.29 is 9.32 Å². The van der Waals surface area contributed by atoms with Crippen LogP contribution < -0.4 is 0 Å². The molecule has 5 heteroatoms. The average Bonchev–Trinajstić information content (AvgIpc) is 2.82. The standard InChI is InChI=1S/C14H15ClN2O2/c1-3-17(9-11-5-4-6-12(15)8-11)14(18)13-7-10(2)16-19-13/h4-8H,3,9H2,1-2H3. The molecule has 0 N–H and O–H groups in total. The maximum Gasteiger partial charge on any atom is 0.292 e. The molecule has 0 unspecified atom stereocenters. The van der Waals surface area contributed by atoms with Crippen LogP contribution in [0, 0.1) is 6.92 Å². The predicted molar refractivity (Wildman–Crippen MR) is 73.1 cm³/mol. The number of aryl methyl sites for hydroxylation is 1. The highest BCUT2D eigenvalue weighted by atomic mass is 35.5. The third-order valence-corrected chi connectivity index (χ3v) is 3.01. The second-order valence-corrected chi connectivity index (χ2v) is 4.72. The van der Waals surface area contributed by atoms with Gasteiger partial charge in [-0.2, -0.15) is 0 Å². The molecule has 0 bridgehead atoms. The van der Waals surface area contributed by atoms with Crippen LogP contribution in [0.4, 0.5) is 0 Å². The lowest BCUT2D eigenvalue weighted by Crippen LogP contribution is -2.30. The summed E-state index contributed by atoms with van der Waals surface area (Å²) in [6, 6.07) is 9.11. The van der Waals surface area contributed by atoms with Gasteiger partial charge in [0.1, 0.15) is 0 Å². The smallest absolute Gasteiger partial charge is 0.292 e. The summed E-state index contributed by atoms with van der Waals surface area (Å²) in [5.74, 6) is 0.101. The topological polar surface area (TPSA) is 46.3 Å². The summed E-state index contributed by atoms with van der Waals surface area (Å²) < 4.78 is 5.00. The highest BCUT2D eigenvalue weighted by molar-refractivity contribution is 6.30. The van der Waals surface area contributed by atoms with Crippen molar-refractivity contribution >= 4 is 17.5 Å². The van der Waals surface area contributed by atoms with Crippen LogP contribution in [-0.2, 0) is 6.54 Å². The first-order valence-electron chi connectivity index (χ1n) is 6.07. The van der Waals surface area contributed by atoms with E-state index in [-0.39, 0.29) is 11.7 Å². The number of carbonyl (C=O) groups is 1. The van der Waals surface area contributed by atoms with E-state index in [1.807, 2.05) is 31.2 Å². The second kappa shape index (κ2) is 5.89. The van der Waals surface area contributed by atoms with Gasteiger partial charge in [0.2, 0.25) is 5.76 Å². The molecule has 19 heavy (non-hydrogen) atoms. The number of rotatable bonds is 4. The number of carbonyl (C=O) groups excluding carboxylic acids is 1. The molecule has 1 heterocycles. The van der Waals surface area contributed by atoms with Crippen molar-refractivity contribution in [2.24, 2.45) is 0 Å². The van der Waals surface area contributed by atoms with Crippen LogP contribution in [0.1, 0.15) is 28.7 Å². The van der Waals surface area contributed by atoms with Crippen LogP contribution in [0.15, 0.2) is 34.9 Å². The van der Waals surface area contributed by atoms with Gasteiger partial charge in [-0.05, 0) is 31.5 Å². The zero-order valence-corrected chi connectivity index (χ0v) is 11.6. The number of hydrogen-bond acceptors (Lipinski definition) is 3. The van der Waals surface area contributed by atoms with E-state index in [1.165, 1.54) is 0 Å². The van der Waals surface area contributed by atoms with Crippen molar-refractivity contribution in [1.29, 1.82) is 0 Å². The molecule has 2 rings (SSSR count). The van der Waals surface area contributed by atoms with Crippen molar-refractivity contribution in [3.63, 3.8) is 0 Å². The minimum atomic E-state index is -0.164. The van der Waals surface area contributed by atoms with E-state index in [4.69, 9.17) is 16.1 Å². The molecule has 1 amide bonds. The van der Waals surface area contributed by atoms with Crippen LogP contribution >= 0.6 is 11.6 Å². The first-order valence-corrected chi connectivity index (χ1v) is 6.45. The first-order chi connectivity index (χ1) is 9.10. The van der Waals surface area contributed by atoms with E-state index in [0.717, 1.165) is 5.56 Å². The highest BCUT2D eigenvalue weighted by Crippen LogP contribution is 2.14. The molecule has 0 fully saturated rings. The summed E-state index contributed by atoms with van der Waals surface area (Å²) in [4.78, 5) is 13.9. The second-order valence-electron chi connectivity index (χ2n) is 4.28. The minimum Gasteiger partial charge on any atom is -0.351 e. The van der Waals surface area contributed by atoms with Crippen molar-refractivity contribution in [2.75, 3.05) is 6.54 Å². The monoisotopic (exact) mass is 278 g/mol. The molecule has 100 valence electrons. The number of hydrogen-bond donors (Lipinski definition) is 0. The third kappa shape index (κ3) is 3.35. The Hall–Kier alpha value is -1.81. The minimum absolute atomic E-state index is 0.164. The molecule has 0 aliphatic rings. The van der Waals surface area contributed by atoms with Gasteiger partial charge in [-0.3, -0.25) is 4.79 Å². The van der Waals surface area contributed by atoms with Crippen LogP contribution in [0.25, 0.3) is 0 Å². The zero-order valence-electron chi connectivity index (χ0n) is 10.9. The maximum atomic E-state index is 12.2. The molecule has 0 radical (unpaired) electrons. The van der Waals surface area contributed by atoms with Gasteiger partial charge in [0.25, 0.3) is 5.91 Å². The fourth-order valence-corrected chi connectivity index (χ4v) is 2.02. The lowest BCUT2D eigenvalue weighted by atomic mass is 10.2. The molecular weight excluding hydrogens is 264 g/mol. The maximum absolute atomic E-state index is 12.2. The molecule has 0 aliphatic carbocycles. The van der Waals surface area contributed by atoms with Gasteiger partial charge < -0.3 is 9.42 Å². The Morgan fingerprint density at radius 2 is 2.21 bits per heavy atom. The van der Waals surface area contributed by atoms with E-state index < -0.39 is 0 Å². The quantitative estimate of drug-likeness (QED) is 0.862. The molecule has 2 aromatic rings. The lowest BCUT2D eigenvalue weighted by Gasteiger charge is -2.19. The summed E-state index contributed by atoms with van der Waals surface area (Å²) >= 11 is 5.94. The Labute approximate surface area is 117 Å². The van der Waals surface area contributed by atoms with E-state index in [2.05, 4.69) is 5.16 Å². The number of halogens is 1. The van der Waals surface area contributed by atoms with Gasteiger partial charge in [-0.25, -0.2) is 0 Å². The summed E-state index contributed by atoms with van der Waals surface area (Å²) in [7, 11) is 0. The lowest BCUT2D eigenvalue weighted by molar-refractivity contribution is 0.0710. The van der Waals surface area contributed by atoms with E-state index in [9.17, 15) is 4.79 Å². The van der Waals surface area contributed by atoms with Crippen molar-refractivity contribution in [3.05, 3.63) is 52.4 Å². The average molecular weight is 279 g/mol. The van der Waals surface area contributed by atoms with Crippen molar-refractivity contribution in [2.45, 2.75) is 20.4 Å². The number of nitrogens with zero attached hydrogens (tertiary/aromatic N) is 2. The summed E-state index contributed by atoms with van der Waals surface area (Å²) in [5.41, 5.74) is 1.68. The van der Waals surface area contributed by atoms with E-state index >= 15 is 0 Å². The highest BCUT2D eigenvalue weighted by Gasteiger charge is 2.18. The first kappa shape index (κ1) is 13.6. The van der Waals surface area contributed by atoms with Crippen LogP contribution in [0.5, 0.6) is 0 Å². The zero-order chi connectivity index (χ0) is 13.8. The Bertz CT molecular complexity index is 580. The molecule has 0 saturated carbocycles. The fourth-order valence-electron chi connectivity index (χ4n) is 1.80. The van der Waals surface area contributed by atoms with Gasteiger partial charge >= 0.3 is 0 Å². The summed E-state index contributed by atoms with van der Waals surface area (Å²) in [5, 5.41) is 4.40. The van der Waals surface area contributed by atoms with Gasteiger partial charge in [-0.1, -0.05) is 28.9 Å². The van der Waals surface area contributed by atoms with Gasteiger partial charge in [0.15, 0.2) is 0 Å². The number of amides is 1.